The minimum atomic E-state index is -0.442. The fraction of sp³-hybridized carbons (Fsp3) is 0.250. The zero-order valence-corrected chi connectivity index (χ0v) is 18.4. The highest BCUT2D eigenvalue weighted by Gasteiger charge is 2.26. The van der Waals surface area contributed by atoms with Gasteiger partial charge in [-0.1, -0.05) is 6.07 Å². The molecule has 0 radical (unpaired) electrons. The van der Waals surface area contributed by atoms with Crippen LogP contribution in [0.3, 0.4) is 0 Å². The first-order valence-corrected chi connectivity index (χ1v) is 10.5. The van der Waals surface area contributed by atoms with Crippen LogP contribution in [0.15, 0.2) is 60.8 Å². The Morgan fingerprint density at radius 2 is 1.73 bits per heavy atom. The van der Waals surface area contributed by atoms with E-state index >= 15 is 0 Å². The van der Waals surface area contributed by atoms with Crippen molar-refractivity contribution in [3.63, 3.8) is 0 Å². The van der Waals surface area contributed by atoms with E-state index in [2.05, 4.69) is 9.88 Å². The second-order valence-corrected chi connectivity index (χ2v) is 7.52. The minimum Gasteiger partial charge on any atom is -0.497 e. The molecule has 0 amide bonds. The van der Waals surface area contributed by atoms with Crippen LogP contribution in [-0.2, 0) is 0 Å². The summed E-state index contributed by atoms with van der Waals surface area (Å²) in [6, 6.07) is 15.2. The highest BCUT2D eigenvalue weighted by molar-refractivity contribution is 6.11. The van der Waals surface area contributed by atoms with Crippen LogP contribution < -0.4 is 19.3 Å². The Morgan fingerprint density at radius 3 is 2.36 bits per heavy atom. The zero-order chi connectivity index (χ0) is 23.4. The number of anilines is 2. The van der Waals surface area contributed by atoms with Gasteiger partial charge in [0.2, 0.25) is 0 Å². The maximum atomic E-state index is 13.1. The molecule has 1 aliphatic rings. The summed E-state index contributed by atoms with van der Waals surface area (Å²) < 4.78 is 10.5. The van der Waals surface area contributed by atoms with Gasteiger partial charge < -0.3 is 19.3 Å². The molecule has 0 spiro atoms. The number of pyridine rings is 1. The number of methoxy groups -OCH3 is 2. The molecule has 0 unspecified atom stereocenters. The van der Waals surface area contributed by atoms with Crippen molar-refractivity contribution in [3.05, 3.63) is 82.0 Å². The molecule has 2 heterocycles. The summed E-state index contributed by atoms with van der Waals surface area (Å²) in [4.78, 5) is 33.0. The number of carbonyl (C=O) groups is 1. The van der Waals surface area contributed by atoms with Crippen molar-refractivity contribution >= 4 is 23.0 Å². The van der Waals surface area contributed by atoms with Gasteiger partial charge in [-0.3, -0.25) is 14.9 Å². The molecule has 1 aromatic heterocycles. The minimum absolute atomic E-state index is 0.0976. The number of rotatable bonds is 7. The number of ketones is 1. The van der Waals surface area contributed by atoms with Crippen LogP contribution >= 0.6 is 0 Å². The molecule has 170 valence electrons. The van der Waals surface area contributed by atoms with Gasteiger partial charge in [-0.25, -0.2) is 4.98 Å². The van der Waals surface area contributed by atoms with Gasteiger partial charge in [0.1, 0.15) is 23.0 Å². The maximum absolute atomic E-state index is 13.1. The van der Waals surface area contributed by atoms with E-state index in [1.807, 2.05) is 23.1 Å². The fourth-order valence-corrected chi connectivity index (χ4v) is 3.94. The van der Waals surface area contributed by atoms with Crippen molar-refractivity contribution in [2.45, 2.75) is 0 Å². The first-order valence-electron chi connectivity index (χ1n) is 10.5. The molecule has 2 aromatic carbocycles. The number of hydrogen-bond donors (Lipinski definition) is 0. The summed E-state index contributed by atoms with van der Waals surface area (Å²) in [6.45, 7) is 2.60. The normalized spacial score (nSPS) is 13.5. The van der Waals surface area contributed by atoms with Crippen molar-refractivity contribution in [1.82, 2.24) is 4.98 Å². The number of aromatic nitrogens is 1. The molecule has 0 bridgehead atoms. The first-order chi connectivity index (χ1) is 16.0. The van der Waals surface area contributed by atoms with Crippen molar-refractivity contribution in [1.29, 1.82) is 0 Å². The fourth-order valence-electron chi connectivity index (χ4n) is 3.94. The molecular formula is C24H24N4O5. The SMILES string of the molecule is COc1ccc(C(=O)c2ccc(N3CCN(c4ccccn4)CC3)c([N+](=O)[O-])c2)c(OC)c1. The van der Waals surface area contributed by atoms with Gasteiger partial charge in [0, 0.05) is 50.1 Å². The predicted octanol–water partition coefficient (Wildman–Crippen LogP) is 3.56. The second kappa shape index (κ2) is 9.56. The van der Waals surface area contributed by atoms with Gasteiger partial charge in [0.25, 0.3) is 5.69 Å². The topological polar surface area (TPSA) is 98.0 Å². The van der Waals surface area contributed by atoms with Crippen molar-refractivity contribution in [2.75, 3.05) is 50.2 Å². The lowest BCUT2D eigenvalue weighted by Crippen LogP contribution is -2.47. The van der Waals surface area contributed by atoms with E-state index in [1.54, 1.807) is 36.5 Å². The number of hydrogen-bond acceptors (Lipinski definition) is 8. The summed E-state index contributed by atoms with van der Waals surface area (Å²) in [5.41, 5.74) is 0.934. The van der Waals surface area contributed by atoms with E-state index < -0.39 is 4.92 Å². The summed E-state index contributed by atoms with van der Waals surface area (Å²) in [7, 11) is 2.98. The summed E-state index contributed by atoms with van der Waals surface area (Å²) >= 11 is 0. The Kier molecular flexibility index (Phi) is 6.39. The standard InChI is InChI=1S/C24H24N4O5/c1-32-18-7-8-19(22(16-18)33-2)24(29)17-6-9-20(21(15-17)28(30)31)26-11-13-27(14-12-26)23-5-3-4-10-25-23/h3-10,15-16H,11-14H2,1-2H3. The quantitative estimate of drug-likeness (QED) is 0.307. The van der Waals surface area contributed by atoms with Gasteiger partial charge in [-0.05, 0) is 36.4 Å². The Morgan fingerprint density at radius 1 is 0.970 bits per heavy atom. The zero-order valence-electron chi connectivity index (χ0n) is 18.4. The molecule has 9 nitrogen and oxygen atoms in total. The third-order valence-electron chi connectivity index (χ3n) is 5.68. The lowest BCUT2D eigenvalue weighted by Gasteiger charge is -2.36. The smallest absolute Gasteiger partial charge is 0.293 e. The van der Waals surface area contributed by atoms with Crippen LogP contribution in [0.1, 0.15) is 15.9 Å². The molecule has 1 saturated heterocycles. The maximum Gasteiger partial charge on any atom is 0.293 e. The van der Waals surface area contributed by atoms with E-state index in [0.29, 0.717) is 48.9 Å². The molecule has 9 heteroatoms. The molecule has 0 atom stereocenters. The Bertz CT molecular complexity index is 1160. The van der Waals surface area contributed by atoms with Gasteiger partial charge in [-0.15, -0.1) is 0 Å². The monoisotopic (exact) mass is 448 g/mol. The van der Waals surface area contributed by atoms with Crippen molar-refractivity contribution in [3.8, 4) is 11.5 Å². The molecule has 0 saturated carbocycles. The Balaban J connectivity index is 1.58. The molecule has 0 aliphatic carbocycles. The summed E-state index contributed by atoms with van der Waals surface area (Å²) in [5, 5.41) is 11.9. The van der Waals surface area contributed by atoms with E-state index in [4.69, 9.17) is 9.47 Å². The molecule has 0 N–H and O–H groups in total. The number of nitro groups is 1. The number of ether oxygens (including phenoxy) is 2. The van der Waals surface area contributed by atoms with Crippen LogP contribution in [0.5, 0.6) is 11.5 Å². The average Bonchev–Trinajstić information content (AvgIpc) is 2.88. The number of nitro benzene ring substituents is 1. The molecular weight excluding hydrogens is 424 g/mol. The van der Waals surface area contributed by atoms with Crippen LogP contribution in [0.25, 0.3) is 0 Å². The molecule has 4 rings (SSSR count). The highest BCUT2D eigenvalue weighted by Crippen LogP contribution is 2.33. The van der Waals surface area contributed by atoms with Crippen LogP contribution in [-0.4, -0.2) is 56.1 Å². The molecule has 3 aromatic rings. The number of piperazine rings is 1. The lowest BCUT2D eigenvalue weighted by atomic mass is 10.0. The van der Waals surface area contributed by atoms with E-state index in [1.165, 1.54) is 20.3 Å². The predicted molar refractivity (Wildman–Crippen MR) is 125 cm³/mol. The number of nitrogens with zero attached hydrogens (tertiary/aromatic N) is 4. The Hall–Kier alpha value is -4.14. The van der Waals surface area contributed by atoms with Crippen molar-refractivity contribution < 1.29 is 19.2 Å². The van der Waals surface area contributed by atoms with Crippen LogP contribution in [0, 0.1) is 10.1 Å². The number of benzene rings is 2. The molecule has 33 heavy (non-hydrogen) atoms. The van der Waals surface area contributed by atoms with Crippen LogP contribution in [0.2, 0.25) is 0 Å². The summed E-state index contributed by atoms with van der Waals surface area (Å²) in [6.07, 6.45) is 1.75. The first kappa shape index (κ1) is 22.1. The second-order valence-electron chi connectivity index (χ2n) is 7.52. The third-order valence-corrected chi connectivity index (χ3v) is 5.68. The number of carbonyl (C=O) groups excluding carboxylic acids is 1. The van der Waals surface area contributed by atoms with E-state index in [9.17, 15) is 14.9 Å². The highest BCUT2D eigenvalue weighted by atomic mass is 16.6. The molecule has 1 fully saturated rings. The third kappa shape index (κ3) is 4.57. The van der Waals surface area contributed by atoms with Gasteiger partial charge in [0.15, 0.2) is 5.78 Å². The van der Waals surface area contributed by atoms with Gasteiger partial charge >= 0.3 is 0 Å². The van der Waals surface area contributed by atoms with Crippen molar-refractivity contribution in [2.24, 2.45) is 0 Å². The average molecular weight is 448 g/mol. The van der Waals surface area contributed by atoms with Gasteiger partial charge in [0.05, 0.1) is 24.7 Å². The molecule has 1 aliphatic heterocycles. The largest absolute Gasteiger partial charge is 0.497 e. The summed E-state index contributed by atoms with van der Waals surface area (Å²) in [5.74, 6) is 1.43. The van der Waals surface area contributed by atoms with E-state index in [0.717, 1.165) is 5.82 Å². The van der Waals surface area contributed by atoms with Crippen LogP contribution in [0.4, 0.5) is 17.2 Å². The van der Waals surface area contributed by atoms with E-state index in [-0.39, 0.29) is 17.0 Å². The Labute approximate surface area is 191 Å². The lowest BCUT2D eigenvalue weighted by molar-refractivity contribution is -0.384. The van der Waals surface area contributed by atoms with Gasteiger partial charge in [-0.2, -0.15) is 0 Å².